The zero-order valence-corrected chi connectivity index (χ0v) is 18.7. The predicted octanol–water partition coefficient (Wildman–Crippen LogP) is 4.21. The Balaban J connectivity index is 1.69. The van der Waals surface area contributed by atoms with Gasteiger partial charge in [0.2, 0.25) is 0 Å². The van der Waals surface area contributed by atoms with Crippen LogP contribution in [0.15, 0.2) is 42.5 Å². The van der Waals surface area contributed by atoms with Gasteiger partial charge in [-0.05, 0) is 62.1 Å². The third-order valence-corrected chi connectivity index (χ3v) is 6.60. The van der Waals surface area contributed by atoms with Gasteiger partial charge in [-0.1, -0.05) is 19.1 Å². The number of ether oxygens (including phenoxy) is 3. The van der Waals surface area contributed by atoms with E-state index in [1.54, 1.807) is 26.4 Å². The molecule has 2 aromatic rings. The van der Waals surface area contributed by atoms with Crippen LogP contribution in [0.1, 0.15) is 50.7 Å². The summed E-state index contributed by atoms with van der Waals surface area (Å²) in [4.78, 5) is 0. The van der Waals surface area contributed by atoms with Gasteiger partial charge < -0.3 is 19.5 Å². The summed E-state index contributed by atoms with van der Waals surface area (Å²) in [5, 5.41) is 2.34. The highest BCUT2D eigenvalue weighted by Crippen LogP contribution is 2.45. The van der Waals surface area contributed by atoms with Gasteiger partial charge in [-0.2, -0.15) is 0 Å². The van der Waals surface area contributed by atoms with Crippen LogP contribution in [0.4, 0.5) is 4.39 Å². The van der Waals surface area contributed by atoms with Crippen LogP contribution in [0.2, 0.25) is 0 Å². The molecule has 0 radical (unpaired) electrons. The monoisotopic (exact) mass is 416 g/mol. The number of benzene rings is 2. The molecular weight excluding hydrogens is 381 g/mol. The van der Waals surface area contributed by atoms with E-state index in [2.05, 4.69) is 25.2 Å². The minimum absolute atomic E-state index is 0.0187. The second-order valence-corrected chi connectivity index (χ2v) is 8.59. The summed E-state index contributed by atoms with van der Waals surface area (Å²) in [6.45, 7) is 7.01. The van der Waals surface area contributed by atoms with Gasteiger partial charge in [0, 0.05) is 24.0 Å². The van der Waals surface area contributed by atoms with Crippen LogP contribution in [0.25, 0.3) is 0 Å². The van der Waals surface area contributed by atoms with Gasteiger partial charge in [-0.15, -0.1) is 0 Å². The van der Waals surface area contributed by atoms with Gasteiger partial charge in [0.15, 0.2) is 11.5 Å². The van der Waals surface area contributed by atoms with Crippen molar-refractivity contribution < 1.29 is 23.9 Å². The molecule has 4 nitrogen and oxygen atoms in total. The van der Waals surface area contributed by atoms with Crippen molar-refractivity contribution in [2.45, 2.75) is 57.1 Å². The fraction of sp³-hybridized carbons (Fsp3) is 0.520. The SMILES string of the molecule is CC[C@@]1(C)C[C@@](CC[NH2+]Cc2ccc(OC)c(OC)c2)(c2ccc(F)cc2)CCO1. The molecule has 2 aromatic carbocycles. The summed E-state index contributed by atoms with van der Waals surface area (Å²) in [6.07, 6.45) is 3.95. The molecule has 1 aliphatic rings. The fourth-order valence-electron chi connectivity index (χ4n) is 4.64. The molecule has 30 heavy (non-hydrogen) atoms. The number of methoxy groups -OCH3 is 2. The highest BCUT2D eigenvalue weighted by atomic mass is 19.1. The summed E-state index contributed by atoms with van der Waals surface area (Å²) in [5.74, 6) is 1.33. The number of quaternary nitrogens is 1. The summed E-state index contributed by atoms with van der Waals surface area (Å²) in [6, 6.07) is 13.2. The van der Waals surface area contributed by atoms with E-state index in [1.165, 1.54) is 11.1 Å². The van der Waals surface area contributed by atoms with Crippen molar-refractivity contribution in [2.75, 3.05) is 27.4 Å². The number of rotatable bonds is 9. The molecule has 1 saturated heterocycles. The lowest BCUT2D eigenvalue weighted by atomic mass is 9.66. The Labute approximate surface area is 179 Å². The quantitative estimate of drug-likeness (QED) is 0.623. The van der Waals surface area contributed by atoms with Gasteiger partial charge in [-0.3, -0.25) is 0 Å². The maximum Gasteiger partial charge on any atom is 0.161 e. The molecule has 0 aliphatic carbocycles. The Kier molecular flexibility index (Phi) is 7.37. The van der Waals surface area contributed by atoms with Crippen LogP contribution in [0, 0.1) is 5.82 Å². The molecule has 0 amide bonds. The van der Waals surface area contributed by atoms with Crippen molar-refractivity contribution in [3.63, 3.8) is 0 Å². The number of hydrogen-bond acceptors (Lipinski definition) is 3. The lowest BCUT2D eigenvalue weighted by molar-refractivity contribution is -0.672. The molecule has 0 spiro atoms. The third-order valence-electron chi connectivity index (χ3n) is 6.60. The molecule has 5 heteroatoms. The van der Waals surface area contributed by atoms with E-state index in [0.29, 0.717) is 0 Å². The molecule has 0 unspecified atom stereocenters. The Morgan fingerprint density at radius 3 is 2.47 bits per heavy atom. The molecule has 1 fully saturated rings. The molecule has 1 heterocycles. The minimum atomic E-state index is -0.181. The molecule has 0 bridgehead atoms. The maximum absolute atomic E-state index is 13.6. The van der Waals surface area contributed by atoms with Crippen molar-refractivity contribution >= 4 is 0 Å². The van der Waals surface area contributed by atoms with Crippen molar-refractivity contribution in [1.82, 2.24) is 0 Å². The van der Waals surface area contributed by atoms with Crippen LogP contribution in [0.5, 0.6) is 11.5 Å². The van der Waals surface area contributed by atoms with E-state index in [9.17, 15) is 4.39 Å². The molecule has 2 atom stereocenters. The topological polar surface area (TPSA) is 44.3 Å². The van der Waals surface area contributed by atoms with Crippen molar-refractivity contribution in [2.24, 2.45) is 0 Å². The summed E-state index contributed by atoms with van der Waals surface area (Å²) < 4.78 is 30.4. The first-order valence-electron chi connectivity index (χ1n) is 10.9. The van der Waals surface area contributed by atoms with Crippen LogP contribution in [-0.4, -0.2) is 33.0 Å². The first-order valence-corrected chi connectivity index (χ1v) is 10.9. The molecule has 1 aliphatic heterocycles. The molecular formula is C25H35FNO3+. The van der Waals surface area contributed by atoms with Crippen molar-refractivity contribution in [1.29, 1.82) is 0 Å². The van der Waals surface area contributed by atoms with E-state index in [-0.39, 0.29) is 16.8 Å². The third kappa shape index (κ3) is 5.13. The zero-order valence-electron chi connectivity index (χ0n) is 18.7. The zero-order chi connectivity index (χ0) is 21.6. The second-order valence-electron chi connectivity index (χ2n) is 8.59. The van der Waals surface area contributed by atoms with Crippen LogP contribution < -0.4 is 14.8 Å². The van der Waals surface area contributed by atoms with E-state index in [0.717, 1.165) is 56.9 Å². The first-order chi connectivity index (χ1) is 14.4. The Morgan fingerprint density at radius 2 is 1.80 bits per heavy atom. The Morgan fingerprint density at radius 1 is 1.07 bits per heavy atom. The maximum atomic E-state index is 13.6. The largest absolute Gasteiger partial charge is 0.493 e. The fourth-order valence-corrected chi connectivity index (χ4v) is 4.64. The number of hydrogen-bond donors (Lipinski definition) is 1. The van der Waals surface area contributed by atoms with Gasteiger partial charge >= 0.3 is 0 Å². The number of nitrogens with two attached hydrogens (primary N) is 1. The van der Waals surface area contributed by atoms with Crippen LogP contribution in [-0.2, 0) is 16.7 Å². The Bertz CT molecular complexity index is 826. The van der Waals surface area contributed by atoms with Crippen molar-refractivity contribution in [3.05, 3.63) is 59.4 Å². The van der Waals surface area contributed by atoms with Gasteiger partial charge in [0.05, 0.1) is 26.4 Å². The lowest BCUT2D eigenvalue weighted by Gasteiger charge is -2.46. The summed E-state index contributed by atoms with van der Waals surface area (Å²) >= 11 is 0. The molecule has 2 N–H and O–H groups in total. The van der Waals surface area contributed by atoms with E-state index in [4.69, 9.17) is 14.2 Å². The van der Waals surface area contributed by atoms with Crippen LogP contribution >= 0.6 is 0 Å². The minimum Gasteiger partial charge on any atom is -0.493 e. The normalized spacial score (nSPS) is 23.9. The smallest absolute Gasteiger partial charge is 0.161 e. The summed E-state index contributed by atoms with van der Waals surface area (Å²) in [7, 11) is 3.31. The Hall–Kier alpha value is -2.11. The molecule has 164 valence electrons. The lowest BCUT2D eigenvalue weighted by Crippen LogP contribution is -2.83. The highest BCUT2D eigenvalue weighted by molar-refractivity contribution is 5.42. The van der Waals surface area contributed by atoms with Gasteiger partial charge in [0.25, 0.3) is 0 Å². The van der Waals surface area contributed by atoms with Gasteiger partial charge in [-0.25, -0.2) is 4.39 Å². The molecule has 3 rings (SSSR count). The van der Waals surface area contributed by atoms with Crippen LogP contribution in [0.3, 0.4) is 0 Å². The second kappa shape index (κ2) is 9.80. The van der Waals surface area contributed by atoms with E-state index in [1.807, 2.05) is 24.3 Å². The van der Waals surface area contributed by atoms with Gasteiger partial charge in [0.1, 0.15) is 12.4 Å². The van der Waals surface area contributed by atoms with E-state index >= 15 is 0 Å². The molecule has 0 aromatic heterocycles. The highest BCUT2D eigenvalue weighted by Gasteiger charge is 2.43. The number of halogens is 1. The first kappa shape index (κ1) is 22.6. The van der Waals surface area contributed by atoms with E-state index < -0.39 is 0 Å². The average Bonchev–Trinajstić information content (AvgIpc) is 2.77. The average molecular weight is 417 g/mol. The van der Waals surface area contributed by atoms with Crippen molar-refractivity contribution in [3.8, 4) is 11.5 Å². The predicted molar refractivity (Wildman–Crippen MR) is 117 cm³/mol. The molecule has 0 saturated carbocycles. The standard InChI is InChI=1S/C25H34FNO3/c1-5-24(2)18-25(13-15-30-24,20-7-9-21(26)10-8-20)12-14-27-17-19-6-11-22(28-3)23(16-19)29-4/h6-11,16,27H,5,12-15,17-18H2,1-4H3/p+1/t24-,25-/m0/s1. The summed E-state index contributed by atoms with van der Waals surface area (Å²) in [5.41, 5.74) is 2.32.